The van der Waals surface area contributed by atoms with Crippen LogP contribution < -0.4 is 4.74 Å². The van der Waals surface area contributed by atoms with Crippen LogP contribution in [0.1, 0.15) is 24.0 Å². The van der Waals surface area contributed by atoms with Gasteiger partial charge in [-0.3, -0.25) is 0 Å². The third kappa shape index (κ3) is 2.54. The highest BCUT2D eigenvalue weighted by atomic mass is 16.5. The Kier molecular flexibility index (Phi) is 3.80. The van der Waals surface area contributed by atoms with E-state index in [4.69, 9.17) is 9.47 Å². The van der Waals surface area contributed by atoms with Crippen molar-refractivity contribution in [2.24, 2.45) is 0 Å². The molecule has 16 heavy (non-hydrogen) atoms. The minimum Gasteiger partial charge on any atom is -0.487 e. The summed E-state index contributed by atoms with van der Waals surface area (Å²) in [6, 6.07) is 5.83. The lowest BCUT2D eigenvalue weighted by molar-refractivity contribution is 0.00632. The van der Waals surface area contributed by atoms with E-state index in [9.17, 15) is 5.11 Å². The zero-order valence-electron chi connectivity index (χ0n) is 9.61. The maximum absolute atomic E-state index is 9.26. The lowest BCUT2D eigenvalue weighted by Crippen LogP contribution is -2.28. The molecule has 1 saturated heterocycles. The number of benzene rings is 1. The van der Waals surface area contributed by atoms with Crippen molar-refractivity contribution in [3.05, 3.63) is 29.3 Å². The van der Waals surface area contributed by atoms with Crippen molar-refractivity contribution >= 4 is 0 Å². The van der Waals surface area contributed by atoms with Crippen LogP contribution in [0.25, 0.3) is 0 Å². The largest absolute Gasteiger partial charge is 0.487 e. The van der Waals surface area contributed by atoms with Crippen LogP contribution in [-0.2, 0) is 11.3 Å². The number of hydrogen-bond acceptors (Lipinski definition) is 3. The molecule has 1 aliphatic heterocycles. The number of aliphatic hydroxyl groups is 1. The van der Waals surface area contributed by atoms with E-state index < -0.39 is 0 Å². The van der Waals surface area contributed by atoms with E-state index in [0.717, 1.165) is 36.3 Å². The molecular formula is C13H18O3. The second-order valence-corrected chi connectivity index (χ2v) is 4.18. The molecule has 1 heterocycles. The van der Waals surface area contributed by atoms with Gasteiger partial charge in [0, 0.05) is 12.2 Å². The first-order chi connectivity index (χ1) is 7.81. The van der Waals surface area contributed by atoms with E-state index in [2.05, 4.69) is 0 Å². The molecule has 0 radical (unpaired) electrons. The van der Waals surface area contributed by atoms with Gasteiger partial charge in [0.15, 0.2) is 0 Å². The second kappa shape index (κ2) is 5.32. The summed E-state index contributed by atoms with van der Waals surface area (Å²) in [4.78, 5) is 0. The SMILES string of the molecule is Cc1cccc(CO)c1OC1CCCOC1. The van der Waals surface area contributed by atoms with Crippen molar-refractivity contribution in [2.45, 2.75) is 32.5 Å². The Morgan fingerprint density at radius 2 is 2.38 bits per heavy atom. The van der Waals surface area contributed by atoms with Gasteiger partial charge in [-0.1, -0.05) is 18.2 Å². The van der Waals surface area contributed by atoms with Crippen molar-refractivity contribution in [1.29, 1.82) is 0 Å². The fraction of sp³-hybridized carbons (Fsp3) is 0.538. The van der Waals surface area contributed by atoms with Crippen molar-refractivity contribution in [3.8, 4) is 5.75 Å². The predicted octanol–water partition coefficient (Wildman–Crippen LogP) is 2.05. The quantitative estimate of drug-likeness (QED) is 0.850. The molecule has 1 aliphatic rings. The monoisotopic (exact) mass is 222 g/mol. The van der Waals surface area contributed by atoms with Gasteiger partial charge >= 0.3 is 0 Å². The van der Waals surface area contributed by atoms with Gasteiger partial charge < -0.3 is 14.6 Å². The van der Waals surface area contributed by atoms with Crippen molar-refractivity contribution in [2.75, 3.05) is 13.2 Å². The molecule has 3 heteroatoms. The van der Waals surface area contributed by atoms with Crippen LogP contribution in [0.2, 0.25) is 0 Å². The molecule has 0 aromatic heterocycles. The zero-order valence-corrected chi connectivity index (χ0v) is 9.61. The van der Waals surface area contributed by atoms with Gasteiger partial charge in [0.1, 0.15) is 11.9 Å². The molecule has 0 spiro atoms. The Morgan fingerprint density at radius 1 is 1.50 bits per heavy atom. The molecule has 1 fully saturated rings. The Labute approximate surface area is 96.0 Å². The third-order valence-electron chi connectivity index (χ3n) is 2.87. The molecule has 1 atom stereocenters. The number of rotatable bonds is 3. The maximum atomic E-state index is 9.26. The van der Waals surface area contributed by atoms with E-state index in [-0.39, 0.29) is 12.7 Å². The van der Waals surface area contributed by atoms with Crippen LogP contribution in [0.3, 0.4) is 0 Å². The fourth-order valence-electron chi connectivity index (χ4n) is 1.98. The lowest BCUT2D eigenvalue weighted by Gasteiger charge is -2.25. The van der Waals surface area contributed by atoms with Crippen LogP contribution in [0.5, 0.6) is 5.75 Å². The summed E-state index contributed by atoms with van der Waals surface area (Å²) in [5.74, 6) is 0.820. The standard InChI is InChI=1S/C13H18O3/c1-10-4-2-5-11(8-14)13(10)16-12-6-3-7-15-9-12/h2,4-5,12,14H,3,6-9H2,1H3. The van der Waals surface area contributed by atoms with Crippen molar-refractivity contribution in [1.82, 2.24) is 0 Å². The number of hydrogen-bond donors (Lipinski definition) is 1. The molecule has 0 aliphatic carbocycles. The van der Waals surface area contributed by atoms with Gasteiger partial charge in [0.25, 0.3) is 0 Å². The van der Waals surface area contributed by atoms with E-state index in [1.54, 1.807) is 0 Å². The van der Waals surface area contributed by atoms with E-state index >= 15 is 0 Å². The van der Waals surface area contributed by atoms with E-state index in [1.807, 2.05) is 25.1 Å². The van der Waals surface area contributed by atoms with Gasteiger partial charge in [0.05, 0.1) is 13.2 Å². The van der Waals surface area contributed by atoms with Gasteiger partial charge in [-0.15, -0.1) is 0 Å². The summed E-state index contributed by atoms with van der Waals surface area (Å²) in [6.45, 7) is 3.50. The summed E-state index contributed by atoms with van der Waals surface area (Å²) in [5.41, 5.74) is 1.92. The summed E-state index contributed by atoms with van der Waals surface area (Å²) in [6.07, 6.45) is 2.20. The molecule has 0 bridgehead atoms. The Balaban J connectivity index is 2.12. The summed E-state index contributed by atoms with van der Waals surface area (Å²) in [5, 5.41) is 9.26. The fourth-order valence-corrected chi connectivity index (χ4v) is 1.98. The first-order valence-electron chi connectivity index (χ1n) is 5.75. The average molecular weight is 222 g/mol. The van der Waals surface area contributed by atoms with Gasteiger partial charge in [-0.05, 0) is 25.3 Å². The highest BCUT2D eigenvalue weighted by molar-refractivity contribution is 5.40. The first kappa shape index (κ1) is 11.4. The van der Waals surface area contributed by atoms with Gasteiger partial charge in [0.2, 0.25) is 0 Å². The first-order valence-corrected chi connectivity index (χ1v) is 5.75. The molecule has 0 amide bonds. The molecule has 2 rings (SSSR count). The predicted molar refractivity (Wildman–Crippen MR) is 61.6 cm³/mol. The highest BCUT2D eigenvalue weighted by Crippen LogP contribution is 2.26. The molecular weight excluding hydrogens is 204 g/mol. The number of ether oxygens (including phenoxy) is 2. The van der Waals surface area contributed by atoms with Crippen LogP contribution in [0, 0.1) is 6.92 Å². The van der Waals surface area contributed by atoms with Crippen LogP contribution in [-0.4, -0.2) is 24.4 Å². The van der Waals surface area contributed by atoms with Crippen molar-refractivity contribution in [3.63, 3.8) is 0 Å². The minimum atomic E-state index is 0.0184. The van der Waals surface area contributed by atoms with E-state index in [1.165, 1.54) is 0 Å². The molecule has 1 aromatic carbocycles. The molecule has 1 N–H and O–H groups in total. The Hall–Kier alpha value is -1.06. The Morgan fingerprint density at radius 3 is 3.06 bits per heavy atom. The minimum absolute atomic E-state index is 0.0184. The molecule has 0 saturated carbocycles. The number of aliphatic hydroxyl groups excluding tert-OH is 1. The van der Waals surface area contributed by atoms with E-state index in [0.29, 0.717) is 6.61 Å². The number of para-hydroxylation sites is 1. The highest BCUT2D eigenvalue weighted by Gasteiger charge is 2.17. The normalized spacial score (nSPS) is 20.8. The maximum Gasteiger partial charge on any atom is 0.128 e. The molecule has 3 nitrogen and oxygen atoms in total. The van der Waals surface area contributed by atoms with Crippen LogP contribution in [0.15, 0.2) is 18.2 Å². The molecule has 1 aromatic rings. The smallest absolute Gasteiger partial charge is 0.128 e. The molecule has 1 unspecified atom stereocenters. The summed E-state index contributed by atoms with van der Waals surface area (Å²) < 4.78 is 11.3. The van der Waals surface area contributed by atoms with Gasteiger partial charge in [-0.25, -0.2) is 0 Å². The van der Waals surface area contributed by atoms with Gasteiger partial charge in [-0.2, -0.15) is 0 Å². The van der Waals surface area contributed by atoms with Crippen LogP contribution in [0.4, 0.5) is 0 Å². The second-order valence-electron chi connectivity index (χ2n) is 4.18. The third-order valence-corrected chi connectivity index (χ3v) is 2.87. The van der Waals surface area contributed by atoms with Crippen molar-refractivity contribution < 1.29 is 14.6 Å². The molecule has 88 valence electrons. The Bertz CT molecular complexity index is 343. The average Bonchev–Trinajstić information content (AvgIpc) is 2.33. The topological polar surface area (TPSA) is 38.7 Å². The summed E-state index contributed by atoms with van der Waals surface area (Å²) in [7, 11) is 0. The zero-order chi connectivity index (χ0) is 11.4. The lowest BCUT2D eigenvalue weighted by atomic mass is 10.1. The number of aryl methyl sites for hydroxylation is 1. The summed E-state index contributed by atoms with van der Waals surface area (Å²) >= 11 is 0. The van der Waals surface area contributed by atoms with Crippen LogP contribution >= 0.6 is 0 Å².